The summed E-state index contributed by atoms with van der Waals surface area (Å²) in [6.07, 6.45) is 1.94. The van der Waals surface area contributed by atoms with Crippen molar-refractivity contribution in [3.05, 3.63) is 45.9 Å². The highest BCUT2D eigenvalue weighted by Gasteiger charge is 2.05. The zero-order chi connectivity index (χ0) is 12.3. The highest BCUT2D eigenvalue weighted by Crippen LogP contribution is 2.17. The Kier molecular flexibility index (Phi) is 4.07. The Bertz CT molecular complexity index is 496. The first-order chi connectivity index (χ1) is 8.19. The van der Waals surface area contributed by atoms with Crippen molar-refractivity contribution in [3.8, 4) is 5.75 Å². The molecule has 0 radical (unpaired) electrons. The molecule has 0 aliphatic heterocycles. The van der Waals surface area contributed by atoms with Gasteiger partial charge in [0.2, 0.25) is 0 Å². The lowest BCUT2D eigenvalue weighted by Gasteiger charge is -2.07. The number of aromatic nitrogens is 2. The zero-order valence-electron chi connectivity index (χ0n) is 9.36. The molecule has 90 valence electrons. The topological polar surface area (TPSA) is 27.1 Å². The van der Waals surface area contributed by atoms with E-state index in [-0.39, 0.29) is 0 Å². The first-order valence-corrected chi connectivity index (χ1v) is 6.46. The minimum atomic E-state index is 0.446. The second-order valence-electron chi connectivity index (χ2n) is 3.51. The van der Waals surface area contributed by atoms with Gasteiger partial charge in [0.1, 0.15) is 22.8 Å². The van der Waals surface area contributed by atoms with Gasteiger partial charge >= 0.3 is 0 Å². The van der Waals surface area contributed by atoms with Gasteiger partial charge in [0.25, 0.3) is 0 Å². The summed E-state index contributed by atoms with van der Waals surface area (Å²) in [6.45, 7) is 3.39. The zero-order valence-corrected chi connectivity index (χ0v) is 11.7. The Balaban J connectivity index is 2.04. The first-order valence-electron chi connectivity index (χ1n) is 5.29. The largest absolute Gasteiger partial charge is 0.486 e. The first kappa shape index (κ1) is 12.5. The Morgan fingerprint density at radius 3 is 2.71 bits per heavy atom. The van der Waals surface area contributed by atoms with E-state index in [1.807, 2.05) is 22.9 Å². The van der Waals surface area contributed by atoms with Crippen molar-refractivity contribution in [1.29, 1.82) is 0 Å². The highest BCUT2D eigenvalue weighted by molar-refractivity contribution is 9.10. The molecule has 2 rings (SSSR count). The summed E-state index contributed by atoms with van der Waals surface area (Å²) >= 11 is 9.16. The molecule has 0 amide bonds. The van der Waals surface area contributed by atoms with E-state index < -0.39 is 0 Å². The number of benzene rings is 1. The Hall–Kier alpha value is -1.00. The van der Waals surface area contributed by atoms with Gasteiger partial charge in [-0.25, -0.2) is 4.98 Å². The van der Waals surface area contributed by atoms with Crippen LogP contribution in [0.15, 0.2) is 35.1 Å². The molecule has 1 aromatic carbocycles. The van der Waals surface area contributed by atoms with Crippen LogP contribution in [0.1, 0.15) is 12.7 Å². The van der Waals surface area contributed by atoms with Gasteiger partial charge in [-0.2, -0.15) is 0 Å². The third-order valence-corrected chi connectivity index (χ3v) is 2.99. The molecule has 1 aromatic heterocycles. The number of hydrogen-bond donors (Lipinski definition) is 0. The molecule has 0 N–H and O–H groups in total. The minimum absolute atomic E-state index is 0.446. The molecule has 0 spiro atoms. The summed E-state index contributed by atoms with van der Waals surface area (Å²) in [5.74, 6) is 1.69. The highest BCUT2D eigenvalue weighted by atomic mass is 79.9. The smallest absolute Gasteiger partial charge is 0.148 e. The predicted octanol–water partition coefficient (Wildman–Crippen LogP) is 3.90. The molecule has 2 aromatic rings. The third-order valence-electron chi connectivity index (χ3n) is 2.35. The molecule has 1 heterocycles. The Labute approximate surface area is 114 Å². The molecular weight excluding hydrogens is 304 g/mol. The minimum Gasteiger partial charge on any atom is -0.486 e. The number of ether oxygens (including phenoxy) is 1. The van der Waals surface area contributed by atoms with E-state index in [0.29, 0.717) is 11.6 Å². The van der Waals surface area contributed by atoms with Crippen molar-refractivity contribution < 1.29 is 4.74 Å². The van der Waals surface area contributed by atoms with Crippen LogP contribution in [-0.2, 0) is 13.2 Å². The number of imidazole rings is 1. The maximum atomic E-state index is 5.80. The van der Waals surface area contributed by atoms with E-state index in [9.17, 15) is 0 Å². The average Bonchev–Trinajstić information content (AvgIpc) is 2.69. The average molecular weight is 316 g/mol. The molecular formula is C12H12BrClN2O. The molecule has 0 aliphatic carbocycles. The molecule has 0 unspecified atom stereocenters. The number of nitrogens with zero attached hydrogens (tertiary/aromatic N) is 2. The van der Waals surface area contributed by atoms with Gasteiger partial charge < -0.3 is 9.30 Å². The van der Waals surface area contributed by atoms with E-state index in [4.69, 9.17) is 16.3 Å². The molecule has 3 nitrogen and oxygen atoms in total. The van der Waals surface area contributed by atoms with Gasteiger partial charge in [0.15, 0.2) is 0 Å². The molecule has 0 saturated heterocycles. The summed E-state index contributed by atoms with van der Waals surface area (Å²) in [7, 11) is 0. The molecule has 5 heteroatoms. The van der Waals surface area contributed by atoms with Gasteiger partial charge in [-0.1, -0.05) is 11.6 Å². The number of halogens is 2. The Morgan fingerprint density at radius 2 is 2.06 bits per heavy atom. The lowest BCUT2D eigenvalue weighted by molar-refractivity contribution is 0.290. The second-order valence-corrected chi connectivity index (χ2v) is 4.76. The van der Waals surface area contributed by atoms with E-state index >= 15 is 0 Å². The number of rotatable bonds is 4. The van der Waals surface area contributed by atoms with Crippen molar-refractivity contribution in [2.24, 2.45) is 0 Å². The normalized spacial score (nSPS) is 10.5. The van der Waals surface area contributed by atoms with Gasteiger partial charge in [-0.3, -0.25) is 0 Å². The van der Waals surface area contributed by atoms with Crippen LogP contribution < -0.4 is 4.74 Å². The summed E-state index contributed by atoms with van der Waals surface area (Å²) in [6, 6.07) is 7.30. The second kappa shape index (κ2) is 5.56. The van der Waals surface area contributed by atoms with E-state index in [1.54, 1.807) is 12.1 Å². The van der Waals surface area contributed by atoms with Crippen molar-refractivity contribution in [2.75, 3.05) is 0 Å². The van der Waals surface area contributed by atoms with E-state index in [0.717, 1.165) is 22.7 Å². The molecule has 17 heavy (non-hydrogen) atoms. The van der Waals surface area contributed by atoms with Crippen molar-refractivity contribution in [2.45, 2.75) is 20.1 Å². The lowest BCUT2D eigenvalue weighted by Crippen LogP contribution is -2.05. The van der Waals surface area contributed by atoms with Gasteiger partial charge in [-0.05, 0) is 47.1 Å². The van der Waals surface area contributed by atoms with Gasteiger partial charge in [0.05, 0.1) is 0 Å². The summed E-state index contributed by atoms with van der Waals surface area (Å²) in [5.41, 5.74) is 0. The van der Waals surface area contributed by atoms with Gasteiger partial charge in [0, 0.05) is 17.8 Å². The predicted molar refractivity (Wildman–Crippen MR) is 71.4 cm³/mol. The van der Waals surface area contributed by atoms with Crippen LogP contribution in [0.25, 0.3) is 0 Å². The van der Waals surface area contributed by atoms with Crippen LogP contribution >= 0.6 is 27.5 Å². The van der Waals surface area contributed by atoms with Crippen LogP contribution in [0.5, 0.6) is 5.75 Å². The SMILES string of the molecule is CCn1cc(Br)nc1COc1ccc(Cl)cc1. The summed E-state index contributed by atoms with van der Waals surface area (Å²) in [5, 5.41) is 0.704. The molecule has 0 atom stereocenters. The summed E-state index contributed by atoms with van der Waals surface area (Å²) < 4.78 is 8.51. The van der Waals surface area contributed by atoms with Gasteiger partial charge in [-0.15, -0.1) is 0 Å². The quantitative estimate of drug-likeness (QED) is 0.855. The van der Waals surface area contributed by atoms with E-state index in [1.165, 1.54) is 0 Å². The van der Waals surface area contributed by atoms with Crippen LogP contribution in [0.4, 0.5) is 0 Å². The van der Waals surface area contributed by atoms with Crippen LogP contribution in [0.2, 0.25) is 5.02 Å². The standard InChI is InChI=1S/C12H12BrClN2O/c1-2-16-7-11(13)15-12(16)8-17-10-5-3-9(14)4-6-10/h3-7H,2,8H2,1H3. The fourth-order valence-corrected chi connectivity index (χ4v) is 2.07. The monoisotopic (exact) mass is 314 g/mol. The Morgan fingerprint density at radius 1 is 1.35 bits per heavy atom. The van der Waals surface area contributed by atoms with Crippen LogP contribution in [-0.4, -0.2) is 9.55 Å². The molecule has 0 aliphatic rings. The van der Waals surface area contributed by atoms with Crippen LogP contribution in [0.3, 0.4) is 0 Å². The van der Waals surface area contributed by atoms with Crippen molar-refractivity contribution in [3.63, 3.8) is 0 Å². The lowest BCUT2D eigenvalue weighted by atomic mass is 10.3. The number of hydrogen-bond acceptors (Lipinski definition) is 2. The molecule has 0 fully saturated rings. The third kappa shape index (κ3) is 3.23. The molecule has 0 bridgehead atoms. The van der Waals surface area contributed by atoms with Crippen molar-refractivity contribution >= 4 is 27.5 Å². The fraction of sp³-hybridized carbons (Fsp3) is 0.250. The molecule has 0 saturated carbocycles. The van der Waals surface area contributed by atoms with Crippen molar-refractivity contribution in [1.82, 2.24) is 9.55 Å². The maximum absolute atomic E-state index is 5.80. The fourth-order valence-electron chi connectivity index (χ4n) is 1.49. The summed E-state index contributed by atoms with van der Waals surface area (Å²) in [4.78, 5) is 4.34. The van der Waals surface area contributed by atoms with Crippen LogP contribution in [0, 0.1) is 0 Å². The maximum Gasteiger partial charge on any atom is 0.148 e. The van der Waals surface area contributed by atoms with E-state index in [2.05, 4.69) is 27.8 Å². The number of aryl methyl sites for hydroxylation is 1.